The van der Waals surface area contributed by atoms with Crippen molar-refractivity contribution in [2.45, 2.75) is 19.0 Å². The molecule has 0 aliphatic heterocycles. The molecule has 6 heteroatoms. The van der Waals surface area contributed by atoms with Crippen LogP contribution in [0.25, 0.3) is 0 Å². The summed E-state index contributed by atoms with van der Waals surface area (Å²) in [5.74, 6) is -0.774. The molecule has 1 aromatic heterocycles. The Morgan fingerprint density at radius 2 is 2.15 bits per heavy atom. The van der Waals surface area contributed by atoms with Crippen LogP contribution in [0.3, 0.4) is 0 Å². The van der Waals surface area contributed by atoms with Crippen molar-refractivity contribution in [2.75, 3.05) is 0 Å². The largest absolute Gasteiger partial charge is 0.508 e. The number of carboxylic acids is 1. The van der Waals surface area contributed by atoms with Crippen molar-refractivity contribution in [1.29, 1.82) is 0 Å². The zero-order valence-corrected chi connectivity index (χ0v) is 12.1. The molecular formula is C14H14ClNO3S. The molecule has 2 aromatic rings. The van der Waals surface area contributed by atoms with E-state index in [1.54, 1.807) is 18.2 Å². The van der Waals surface area contributed by atoms with Crippen LogP contribution in [0, 0.1) is 0 Å². The smallest absolute Gasteiger partial charge is 0.305 e. The highest BCUT2D eigenvalue weighted by molar-refractivity contribution is 7.10. The number of phenols is 1. The highest BCUT2D eigenvalue weighted by atomic mass is 35.5. The number of benzene rings is 1. The first-order valence-electron chi connectivity index (χ1n) is 6.03. The SMILES string of the molecule is O=C(O)CC(NCc1c(O)cccc1Cl)c1cccs1. The summed E-state index contributed by atoms with van der Waals surface area (Å²) >= 11 is 7.53. The number of nitrogens with one attached hydrogen (secondary N) is 1. The van der Waals surface area contributed by atoms with Crippen LogP contribution in [0.1, 0.15) is 22.9 Å². The van der Waals surface area contributed by atoms with Crippen LogP contribution in [0.4, 0.5) is 0 Å². The summed E-state index contributed by atoms with van der Waals surface area (Å²) in [4.78, 5) is 11.9. The average molecular weight is 312 g/mol. The fourth-order valence-electron chi connectivity index (χ4n) is 1.89. The van der Waals surface area contributed by atoms with Crippen molar-refractivity contribution in [3.8, 4) is 5.75 Å². The van der Waals surface area contributed by atoms with Crippen molar-refractivity contribution >= 4 is 28.9 Å². The Morgan fingerprint density at radius 1 is 1.35 bits per heavy atom. The van der Waals surface area contributed by atoms with Gasteiger partial charge in [0.05, 0.1) is 12.5 Å². The lowest BCUT2D eigenvalue weighted by Gasteiger charge is -2.16. The summed E-state index contributed by atoms with van der Waals surface area (Å²) in [6.07, 6.45) is -0.0221. The topological polar surface area (TPSA) is 69.6 Å². The number of aromatic hydroxyl groups is 1. The summed E-state index contributed by atoms with van der Waals surface area (Å²) in [5.41, 5.74) is 0.570. The standard InChI is InChI=1S/C14H14ClNO3S/c15-10-3-1-4-12(17)9(10)8-16-11(7-14(18)19)13-5-2-6-20-13/h1-6,11,16-17H,7-8H2,(H,18,19). The molecule has 1 aromatic carbocycles. The van der Waals surface area contributed by atoms with Crippen LogP contribution >= 0.6 is 22.9 Å². The van der Waals surface area contributed by atoms with Crippen molar-refractivity contribution in [3.05, 3.63) is 51.2 Å². The molecule has 0 bridgehead atoms. The van der Waals surface area contributed by atoms with E-state index in [0.717, 1.165) is 4.88 Å². The summed E-state index contributed by atoms with van der Waals surface area (Å²) in [7, 11) is 0. The van der Waals surface area contributed by atoms with Crippen LogP contribution in [-0.4, -0.2) is 16.2 Å². The Balaban J connectivity index is 2.11. The predicted molar refractivity (Wildman–Crippen MR) is 79.3 cm³/mol. The number of hydrogen-bond donors (Lipinski definition) is 3. The van der Waals surface area contributed by atoms with E-state index in [9.17, 15) is 9.90 Å². The van der Waals surface area contributed by atoms with E-state index in [4.69, 9.17) is 16.7 Å². The maximum absolute atomic E-state index is 10.9. The van der Waals surface area contributed by atoms with E-state index in [2.05, 4.69) is 5.32 Å². The molecule has 0 amide bonds. The van der Waals surface area contributed by atoms with Crippen molar-refractivity contribution in [3.63, 3.8) is 0 Å². The van der Waals surface area contributed by atoms with Gasteiger partial charge in [-0.15, -0.1) is 11.3 Å². The van der Waals surface area contributed by atoms with Crippen molar-refractivity contribution in [1.82, 2.24) is 5.32 Å². The summed E-state index contributed by atoms with van der Waals surface area (Å²) in [6.45, 7) is 0.307. The van der Waals surface area contributed by atoms with Gasteiger partial charge in [0, 0.05) is 22.0 Å². The number of phenolic OH excluding ortho intramolecular Hbond substituents is 1. The molecule has 3 N–H and O–H groups in total. The second-order valence-corrected chi connectivity index (χ2v) is 5.67. The van der Waals surface area contributed by atoms with Crippen molar-refractivity contribution < 1.29 is 15.0 Å². The third-order valence-corrected chi connectivity index (χ3v) is 4.22. The Hall–Kier alpha value is -1.56. The van der Waals surface area contributed by atoms with Gasteiger partial charge in [-0.2, -0.15) is 0 Å². The van der Waals surface area contributed by atoms with E-state index in [-0.39, 0.29) is 18.2 Å². The van der Waals surface area contributed by atoms with Crippen LogP contribution in [0.2, 0.25) is 5.02 Å². The Kier molecular flexibility index (Phi) is 5.00. The molecule has 0 spiro atoms. The van der Waals surface area contributed by atoms with Crippen LogP contribution in [0.15, 0.2) is 35.7 Å². The highest BCUT2D eigenvalue weighted by Crippen LogP contribution is 2.27. The highest BCUT2D eigenvalue weighted by Gasteiger charge is 2.17. The van der Waals surface area contributed by atoms with E-state index >= 15 is 0 Å². The number of aliphatic carboxylic acids is 1. The Bertz CT molecular complexity index is 566. The number of thiophene rings is 1. The van der Waals surface area contributed by atoms with E-state index in [1.807, 2.05) is 17.5 Å². The zero-order chi connectivity index (χ0) is 14.5. The molecule has 0 fully saturated rings. The molecule has 1 unspecified atom stereocenters. The van der Waals surface area contributed by atoms with Crippen LogP contribution in [0.5, 0.6) is 5.75 Å². The van der Waals surface area contributed by atoms with Gasteiger partial charge in [-0.3, -0.25) is 4.79 Å². The second kappa shape index (κ2) is 6.74. The molecule has 0 aliphatic rings. The van der Waals surface area contributed by atoms with Gasteiger partial charge in [0.2, 0.25) is 0 Å². The molecule has 106 valence electrons. The van der Waals surface area contributed by atoms with Gasteiger partial charge in [-0.1, -0.05) is 23.7 Å². The minimum absolute atomic E-state index is 0.0221. The number of halogens is 1. The normalized spacial score (nSPS) is 12.2. The Labute approximate surface area is 125 Å². The average Bonchev–Trinajstić information content (AvgIpc) is 2.90. The van der Waals surface area contributed by atoms with Gasteiger partial charge in [-0.05, 0) is 23.6 Å². The molecule has 20 heavy (non-hydrogen) atoms. The zero-order valence-electron chi connectivity index (χ0n) is 10.5. The van der Waals surface area contributed by atoms with Crippen LogP contribution < -0.4 is 5.32 Å². The van der Waals surface area contributed by atoms with Gasteiger partial charge in [0.15, 0.2) is 0 Å². The molecular weight excluding hydrogens is 298 g/mol. The number of rotatable bonds is 6. The van der Waals surface area contributed by atoms with E-state index < -0.39 is 5.97 Å². The first-order valence-corrected chi connectivity index (χ1v) is 7.28. The first kappa shape index (κ1) is 14.8. The van der Waals surface area contributed by atoms with Gasteiger partial charge < -0.3 is 15.5 Å². The third-order valence-electron chi connectivity index (χ3n) is 2.88. The lowest BCUT2D eigenvalue weighted by molar-refractivity contribution is -0.137. The summed E-state index contributed by atoms with van der Waals surface area (Å²) in [5, 5.41) is 24.3. The van der Waals surface area contributed by atoms with Gasteiger partial charge in [0.1, 0.15) is 5.75 Å². The number of hydrogen-bond acceptors (Lipinski definition) is 4. The second-order valence-electron chi connectivity index (χ2n) is 4.28. The Morgan fingerprint density at radius 3 is 2.75 bits per heavy atom. The maximum Gasteiger partial charge on any atom is 0.305 e. The van der Waals surface area contributed by atoms with Crippen molar-refractivity contribution in [2.24, 2.45) is 0 Å². The van der Waals surface area contributed by atoms with Gasteiger partial charge in [-0.25, -0.2) is 0 Å². The first-order chi connectivity index (χ1) is 9.58. The molecule has 0 saturated carbocycles. The minimum Gasteiger partial charge on any atom is -0.508 e. The van der Waals surface area contributed by atoms with Gasteiger partial charge >= 0.3 is 5.97 Å². The number of carbonyl (C=O) groups is 1. The lowest BCUT2D eigenvalue weighted by Crippen LogP contribution is -2.23. The molecule has 0 saturated heterocycles. The molecule has 1 atom stereocenters. The quantitative estimate of drug-likeness (QED) is 0.764. The number of carboxylic acid groups (broad SMARTS) is 1. The third kappa shape index (κ3) is 3.72. The monoisotopic (exact) mass is 311 g/mol. The summed E-state index contributed by atoms with van der Waals surface area (Å²) < 4.78 is 0. The van der Waals surface area contributed by atoms with E-state index in [1.165, 1.54) is 11.3 Å². The van der Waals surface area contributed by atoms with Gasteiger partial charge in [0.25, 0.3) is 0 Å². The fraction of sp³-hybridized carbons (Fsp3) is 0.214. The molecule has 0 aliphatic carbocycles. The molecule has 4 nitrogen and oxygen atoms in total. The fourth-order valence-corrected chi connectivity index (χ4v) is 2.92. The lowest BCUT2D eigenvalue weighted by atomic mass is 10.1. The molecule has 1 heterocycles. The van der Waals surface area contributed by atoms with E-state index in [0.29, 0.717) is 17.1 Å². The molecule has 0 radical (unpaired) electrons. The summed E-state index contributed by atoms with van der Waals surface area (Å²) in [6, 6.07) is 8.37. The predicted octanol–water partition coefficient (Wildman–Crippen LogP) is 3.41. The molecule has 2 rings (SSSR count). The minimum atomic E-state index is -0.876. The van der Waals surface area contributed by atoms with Crippen LogP contribution in [-0.2, 0) is 11.3 Å². The maximum atomic E-state index is 10.9.